The summed E-state index contributed by atoms with van der Waals surface area (Å²) in [5.74, 6) is 0.489. The van der Waals surface area contributed by atoms with Crippen LogP contribution in [0.25, 0.3) is 0 Å². The number of carbonyl (C=O) groups excluding carboxylic acids is 1. The van der Waals surface area contributed by atoms with Crippen molar-refractivity contribution in [3.05, 3.63) is 65.0 Å². The van der Waals surface area contributed by atoms with Gasteiger partial charge in [-0.1, -0.05) is 12.1 Å². The highest BCUT2D eigenvalue weighted by atomic mass is 19.1. The van der Waals surface area contributed by atoms with Crippen molar-refractivity contribution in [1.82, 2.24) is 5.32 Å². The zero-order valence-corrected chi connectivity index (χ0v) is 13.6. The van der Waals surface area contributed by atoms with Crippen LogP contribution in [0.5, 0.6) is 5.75 Å². The molecule has 0 saturated heterocycles. The van der Waals surface area contributed by atoms with Crippen molar-refractivity contribution in [3.8, 4) is 5.75 Å². The molecule has 0 spiro atoms. The number of amides is 1. The Morgan fingerprint density at radius 2 is 1.91 bits per heavy atom. The Morgan fingerprint density at radius 3 is 2.57 bits per heavy atom. The fourth-order valence-corrected chi connectivity index (χ4v) is 2.36. The fourth-order valence-electron chi connectivity index (χ4n) is 2.36. The first-order valence-electron chi connectivity index (χ1n) is 7.86. The molecule has 1 amide bonds. The Hall–Kier alpha value is -2.36. The first kappa shape index (κ1) is 17.0. The molecule has 0 aromatic heterocycles. The molecule has 122 valence electrons. The molecule has 0 aliphatic heterocycles. The molecular weight excluding hydrogens is 293 g/mol. The summed E-state index contributed by atoms with van der Waals surface area (Å²) in [6.07, 6.45) is 1.62. The third-order valence-electron chi connectivity index (χ3n) is 3.58. The van der Waals surface area contributed by atoms with Gasteiger partial charge in [0.2, 0.25) is 0 Å². The zero-order chi connectivity index (χ0) is 16.7. The molecule has 0 aliphatic carbocycles. The molecule has 0 atom stereocenters. The number of aryl methyl sites for hydroxylation is 2. The minimum atomic E-state index is -0.229. The van der Waals surface area contributed by atoms with Crippen LogP contribution in [0.4, 0.5) is 4.39 Å². The van der Waals surface area contributed by atoms with Crippen LogP contribution in [0.2, 0.25) is 0 Å². The Kier molecular flexibility index (Phi) is 6.15. The number of nitrogens with one attached hydrogen (secondary N) is 1. The van der Waals surface area contributed by atoms with Crippen molar-refractivity contribution in [1.29, 1.82) is 0 Å². The zero-order valence-electron chi connectivity index (χ0n) is 13.6. The average Bonchev–Trinajstić information content (AvgIpc) is 2.55. The minimum absolute atomic E-state index is 0.0877. The number of ether oxygens (including phenoxy) is 1. The van der Waals surface area contributed by atoms with E-state index in [1.807, 2.05) is 26.0 Å². The standard InChI is InChI=1S/C19H22FNO2/c1-3-23-18-11-8-16(13-14(18)2)19(22)21-12-4-5-15-6-9-17(20)10-7-15/h6-11,13H,3-5,12H2,1-2H3,(H,21,22). The number of rotatable bonds is 7. The van der Waals surface area contributed by atoms with Crippen LogP contribution in [0, 0.1) is 12.7 Å². The molecule has 0 unspecified atom stereocenters. The van der Waals surface area contributed by atoms with Crippen molar-refractivity contribution >= 4 is 5.91 Å². The van der Waals surface area contributed by atoms with Crippen LogP contribution >= 0.6 is 0 Å². The van der Waals surface area contributed by atoms with Gasteiger partial charge in [0.25, 0.3) is 5.91 Å². The molecule has 2 aromatic carbocycles. The van der Waals surface area contributed by atoms with Gasteiger partial charge in [-0.25, -0.2) is 4.39 Å². The maximum atomic E-state index is 12.8. The van der Waals surface area contributed by atoms with E-state index in [1.54, 1.807) is 18.2 Å². The molecule has 0 radical (unpaired) electrons. The number of halogens is 1. The van der Waals surface area contributed by atoms with Gasteiger partial charge in [-0.3, -0.25) is 4.79 Å². The third kappa shape index (κ3) is 5.09. The van der Waals surface area contributed by atoms with Gasteiger partial charge >= 0.3 is 0 Å². The van der Waals surface area contributed by atoms with E-state index in [1.165, 1.54) is 12.1 Å². The number of benzene rings is 2. The summed E-state index contributed by atoms with van der Waals surface area (Å²) in [7, 11) is 0. The van der Waals surface area contributed by atoms with Gasteiger partial charge < -0.3 is 10.1 Å². The molecule has 1 N–H and O–H groups in total. The Morgan fingerprint density at radius 1 is 1.17 bits per heavy atom. The van der Waals surface area contributed by atoms with Gasteiger partial charge in [0.15, 0.2) is 0 Å². The molecule has 0 heterocycles. The lowest BCUT2D eigenvalue weighted by atomic mass is 10.1. The summed E-state index contributed by atoms with van der Waals surface area (Å²) in [5, 5.41) is 2.91. The van der Waals surface area contributed by atoms with E-state index in [2.05, 4.69) is 5.32 Å². The summed E-state index contributed by atoms with van der Waals surface area (Å²) < 4.78 is 18.3. The summed E-state index contributed by atoms with van der Waals surface area (Å²) in [6.45, 7) is 5.05. The van der Waals surface area contributed by atoms with E-state index in [-0.39, 0.29) is 11.7 Å². The highest BCUT2D eigenvalue weighted by molar-refractivity contribution is 5.94. The first-order chi connectivity index (χ1) is 11.1. The maximum absolute atomic E-state index is 12.8. The Bertz CT molecular complexity index is 653. The largest absolute Gasteiger partial charge is 0.494 e. The Labute approximate surface area is 136 Å². The van der Waals surface area contributed by atoms with Crippen LogP contribution in [-0.2, 0) is 6.42 Å². The van der Waals surface area contributed by atoms with Crippen LogP contribution < -0.4 is 10.1 Å². The molecule has 0 fully saturated rings. The first-order valence-corrected chi connectivity index (χ1v) is 7.86. The summed E-state index contributed by atoms with van der Waals surface area (Å²) >= 11 is 0. The van der Waals surface area contributed by atoms with Crippen molar-refractivity contribution in [2.45, 2.75) is 26.7 Å². The predicted octanol–water partition coefficient (Wildman–Crippen LogP) is 3.90. The summed E-state index contributed by atoms with van der Waals surface area (Å²) in [5.41, 5.74) is 2.65. The molecular formula is C19H22FNO2. The highest BCUT2D eigenvalue weighted by Crippen LogP contribution is 2.19. The van der Waals surface area contributed by atoms with Gasteiger partial charge in [-0.15, -0.1) is 0 Å². The van der Waals surface area contributed by atoms with Crippen LogP contribution in [0.1, 0.15) is 34.8 Å². The van der Waals surface area contributed by atoms with Gasteiger partial charge in [0, 0.05) is 12.1 Å². The second kappa shape index (κ2) is 8.32. The molecule has 4 heteroatoms. The van der Waals surface area contributed by atoms with E-state index in [4.69, 9.17) is 4.74 Å². The molecule has 3 nitrogen and oxygen atoms in total. The van der Waals surface area contributed by atoms with E-state index in [0.29, 0.717) is 18.7 Å². The molecule has 2 aromatic rings. The van der Waals surface area contributed by atoms with Crippen LogP contribution in [0.15, 0.2) is 42.5 Å². The lowest BCUT2D eigenvalue weighted by molar-refractivity contribution is 0.0953. The molecule has 0 saturated carbocycles. The molecule has 0 bridgehead atoms. The molecule has 2 rings (SSSR count). The average molecular weight is 315 g/mol. The minimum Gasteiger partial charge on any atom is -0.494 e. The second-order valence-electron chi connectivity index (χ2n) is 5.40. The van der Waals surface area contributed by atoms with Crippen molar-refractivity contribution in [2.24, 2.45) is 0 Å². The summed E-state index contributed by atoms with van der Waals surface area (Å²) in [6, 6.07) is 11.9. The van der Waals surface area contributed by atoms with Crippen molar-refractivity contribution in [2.75, 3.05) is 13.2 Å². The van der Waals surface area contributed by atoms with E-state index >= 15 is 0 Å². The number of hydrogen-bond donors (Lipinski definition) is 1. The second-order valence-corrected chi connectivity index (χ2v) is 5.40. The number of carbonyl (C=O) groups is 1. The van der Waals surface area contributed by atoms with Crippen LogP contribution in [0.3, 0.4) is 0 Å². The van der Waals surface area contributed by atoms with E-state index in [0.717, 1.165) is 29.7 Å². The van der Waals surface area contributed by atoms with Gasteiger partial charge in [0.05, 0.1) is 6.61 Å². The topological polar surface area (TPSA) is 38.3 Å². The van der Waals surface area contributed by atoms with Crippen LogP contribution in [-0.4, -0.2) is 19.1 Å². The molecule has 0 aliphatic rings. The SMILES string of the molecule is CCOc1ccc(C(=O)NCCCc2ccc(F)cc2)cc1C. The van der Waals surface area contributed by atoms with Gasteiger partial charge in [-0.2, -0.15) is 0 Å². The van der Waals surface area contributed by atoms with Crippen molar-refractivity contribution < 1.29 is 13.9 Å². The number of hydrogen-bond acceptors (Lipinski definition) is 2. The lowest BCUT2D eigenvalue weighted by Crippen LogP contribution is -2.24. The van der Waals surface area contributed by atoms with E-state index in [9.17, 15) is 9.18 Å². The predicted molar refractivity (Wildman–Crippen MR) is 89.4 cm³/mol. The normalized spacial score (nSPS) is 10.4. The quantitative estimate of drug-likeness (QED) is 0.787. The smallest absolute Gasteiger partial charge is 0.251 e. The Balaban J connectivity index is 1.80. The van der Waals surface area contributed by atoms with E-state index < -0.39 is 0 Å². The lowest BCUT2D eigenvalue weighted by Gasteiger charge is -2.09. The third-order valence-corrected chi connectivity index (χ3v) is 3.58. The maximum Gasteiger partial charge on any atom is 0.251 e. The monoisotopic (exact) mass is 315 g/mol. The highest BCUT2D eigenvalue weighted by Gasteiger charge is 2.07. The van der Waals surface area contributed by atoms with Gasteiger partial charge in [0.1, 0.15) is 11.6 Å². The molecule has 23 heavy (non-hydrogen) atoms. The van der Waals surface area contributed by atoms with Gasteiger partial charge in [-0.05, 0) is 68.1 Å². The fraction of sp³-hybridized carbons (Fsp3) is 0.316. The summed E-state index contributed by atoms with van der Waals surface area (Å²) in [4.78, 5) is 12.1. The van der Waals surface area contributed by atoms with Crippen molar-refractivity contribution in [3.63, 3.8) is 0 Å².